The van der Waals surface area contributed by atoms with Gasteiger partial charge in [0.25, 0.3) is 5.91 Å². The molecule has 0 saturated heterocycles. The topological polar surface area (TPSA) is 40.5 Å². The van der Waals surface area contributed by atoms with E-state index in [2.05, 4.69) is 0 Å². The summed E-state index contributed by atoms with van der Waals surface area (Å²) in [5, 5.41) is 9.24. The van der Waals surface area contributed by atoms with Crippen LogP contribution in [0.2, 0.25) is 0 Å². The first-order chi connectivity index (χ1) is 8.83. The van der Waals surface area contributed by atoms with E-state index in [4.69, 9.17) is 0 Å². The summed E-state index contributed by atoms with van der Waals surface area (Å²) in [6.07, 6.45) is 0.879. The highest BCUT2D eigenvalue weighted by atomic mass is 16.2. The zero-order valence-electron chi connectivity index (χ0n) is 9.58. The van der Waals surface area contributed by atoms with Gasteiger partial charge >= 0.3 is 0 Å². The minimum Gasteiger partial charge on any atom is -0.515 e. The third-order valence-corrected chi connectivity index (χ3v) is 3.01. The van der Waals surface area contributed by atoms with E-state index in [1.807, 2.05) is 54.6 Å². The standard InChI is InChI=1S/C15H11NO2/c17-10-13-12-8-4-5-9-14(12)16(15(13)18)11-6-2-1-3-7-11/h1-10,17H/b13-10-. The summed E-state index contributed by atoms with van der Waals surface area (Å²) in [5.41, 5.74) is 2.68. The van der Waals surface area contributed by atoms with Crippen LogP contribution in [0.3, 0.4) is 0 Å². The number of carbonyl (C=O) groups excluding carboxylic acids is 1. The number of hydrogen-bond donors (Lipinski definition) is 1. The van der Waals surface area contributed by atoms with Gasteiger partial charge in [-0.25, -0.2) is 0 Å². The van der Waals surface area contributed by atoms with Crippen molar-refractivity contribution in [1.82, 2.24) is 0 Å². The maximum absolute atomic E-state index is 12.3. The molecule has 1 N–H and O–H groups in total. The summed E-state index contributed by atoms with van der Waals surface area (Å²) >= 11 is 0. The number of para-hydroxylation sites is 2. The summed E-state index contributed by atoms with van der Waals surface area (Å²) < 4.78 is 0. The van der Waals surface area contributed by atoms with E-state index in [0.717, 1.165) is 23.2 Å². The molecule has 1 heterocycles. The molecule has 0 spiro atoms. The predicted octanol–water partition coefficient (Wildman–Crippen LogP) is 3.26. The van der Waals surface area contributed by atoms with Crippen molar-refractivity contribution in [2.45, 2.75) is 0 Å². The number of amides is 1. The molecule has 1 aliphatic rings. The Bertz CT molecular complexity index is 632. The molecular formula is C15H11NO2. The second-order valence-electron chi connectivity index (χ2n) is 4.04. The average molecular weight is 237 g/mol. The van der Waals surface area contributed by atoms with Crippen molar-refractivity contribution in [3.63, 3.8) is 0 Å². The van der Waals surface area contributed by atoms with Crippen molar-refractivity contribution >= 4 is 22.9 Å². The first kappa shape index (κ1) is 10.6. The van der Waals surface area contributed by atoms with E-state index in [1.54, 1.807) is 4.90 Å². The fourth-order valence-electron chi connectivity index (χ4n) is 2.20. The van der Waals surface area contributed by atoms with E-state index < -0.39 is 0 Å². The number of anilines is 2. The van der Waals surface area contributed by atoms with Gasteiger partial charge in [-0.1, -0.05) is 36.4 Å². The fraction of sp³-hybridized carbons (Fsp3) is 0. The molecule has 0 atom stereocenters. The molecule has 3 heteroatoms. The third kappa shape index (κ3) is 1.41. The molecule has 18 heavy (non-hydrogen) atoms. The second-order valence-corrected chi connectivity index (χ2v) is 4.04. The average Bonchev–Trinajstić information content (AvgIpc) is 2.71. The number of benzene rings is 2. The number of nitrogens with zero attached hydrogens (tertiary/aromatic N) is 1. The SMILES string of the molecule is O=C1/C(=C\O)c2ccccc2N1c1ccccc1. The van der Waals surface area contributed by atoms with Gasteiger partial charge < -0.3 is 5.11 Å². The quantitative estimate of drug-likeness (QED) is 0.611. The molecule has 0 saturated carbocycles. The van der Waals surface area contributed by atoms with E-state index in [1.165, 1.54) is 0 Å². The smallest absolute Gasteiger partial charge is 0.266 e. The minimum atomic E-state index is -0.204. The van der Waals surface area contributed by atoms with Crippen LogP contribution in [-0.4, -0.2) is 11.0 Å². The lowest BCUT2D eigenvalue weighted by Crippen LogP contribution is -2.20. The third-order valence-electron chi connectivity index (χ3n) is 3.01. The van der Waals surface area contributed by atoms with E-state index in [-0.39, 0.29) is 5.91 Å². The number of carbonyl (C=O) groups is 1. The maximum atomic E-state index is 12.3. The largest absolute Gasteiger partial charge is 0.515 e. The van der Waals surface area contributed by atoms with Crippen LogP contribution in [-0.2, 0) is 4.79 Å². The second kappa shape index (κ2) is 4.04. The molecule has 2 aromatic carbocycles. The number of hydrogen-bond acceptors (Lipinski definition) is 2. The highest BCUT2D eigenvalue weighted by Crippen LogP contribution is 2.40. The van der Waals surface area contributed by atoms with Crippen LogP contribution in [0.15, 0.2) is 60.9 Å². The van der Waals surface area contributed by atoms with Gasteiger partial charge in [-0.15, -0.1) is 0 Å². The van der Waals surface area contributed by atoms with Crippen molar-refractivity contribution in [3.8, 4) is 0 Å². The normalized spacial score (nSPS) is 16.1. The first-order valence-corrected chi connectivity index (χ1v) is 5.66. The van der Waals surface area contributed by atoms with Crippen LogP contribution < -0.4 is 4.90 Å². The number of fused-ring (bicyclic) bond motifs is 1. The molecule has 0 aromatic heterocycles. The van der Waals surface area contributed by atoms with Crippen LogP contribution in [0.4, 0.5) is 11.4 Å². The van der Waals surface area contributed by atoms with Crippen molar-refractivity contribution in [2.24, 2.45) is 0 Å². The molecule has 0 radical (unpaired) electrons. The Labute approximate surface area is 105 Å². The molecule has 0 unspecified atom stereocenters. The Morgan fingerprint density at radius 1 is 0.944 bits per heavy atom. The lowest BCUT2D eigenvalue weighted by atomic mass is 10.1. The Balaban J connectivity index is 2.21. The lowest BCUT2D eigenvalue weighted by molar-refractivity contribution is -0.112. The number of aliphatic hydroxyl groups excluding tert-OH is 1. The Morgan fingerprint density at radius 3 is 2.33 bits per heavy atom. The molecule has 3 rings (SSSR count). The summed E-state index contributed by atoms with van der Waals surface area (Å²) in [5.74, 6) is -0.204. The molecule has 1 amide bonds. The Morgan fingerprint density at radius 2 is 1.61 bits per heavy atom. The zero-order valence-corrected chi connectivity index (χ0v) is 9.58. The summed E-state index contributed by atoms with van der Waals surface area (Å²) in [6.45, 7) is 0. The maximum Gasteiger partial charge on any atom is 0.266 e. The van der Waals surface area contributed by atoms with Crippen molar-refractivity contribution in [1.29, 1.82) is 0 Å². The molecule has 2 aromatic rings. The molecule has 0 aliphatic carbocycles. The van der Waals surface area contributed by atoms with Gasteiger partial charge in [0.2, 0.25) is 0 Å². The van der Waals surface area contributed by atoms with Gasteiger partial charge in [0.1, 0.15) is 0 Å². The van der Waals surface area contributed by atoms with Crippen LogP contribution in [0, 0.1) is 0 Å². The van der Waals surface area contributed by atoms with Gasteiger partial charge in [0.05, 0.1) is 17.5 Å². The van der Waals surface area contributed by atoms with Gasteiger partial charge in [0, 0.05) is 11.3 Å². The van der Waals surface area contributed by atoms with Gasteiger partial charge in [-0.3, -0.25) is 9.69 Å². The van der Waals surface area contributed by atoms with Crippen molar-refractivity contribution < 1.29 is 9.90 Å². The molecule has 1 aliphatic heterocycles. The highest BCUT2D eigenvalue weighted by molar-refractivity contribution is 6.34. The lowest BCUT2D eigenvalue weighted by Gasteiger charge is -2.16. The summed E-state index contributed by atoms with van der Waals surface area (Å²) in [7, 11) is 0. The minimum absolute atomic E-state index is 0.204. The Kier molecular flexibility index (Phi) is 2.38. The number of rotatable bonds is 1. The predicted molar refractivity (Wildman–Crippen MR) is 70.6 cm³/mol. The van der Waals surface area contributed by atoms with E-state index >= 15 is 0 Å². The van der Waals surface area contributed by atoms with Crippen LogP contribution >= 0.6 is 0 Å². The summed E-state index contributed by atoms with van der Waals surface area (Å²) in [4.78, 5) is 13.9. The van der Waals surface area contributed by atoms with Gasteiger partial charge in [-0.05, 0) is 18.2 Å². The zero-order chi connectivity index (χ0) is 12.5. The number of aliphatic hydroxyl groups is 1. The fourth-order valence-corrected chi connectivity index (χ4v) is 2.20. The molecule has 0 fully saturated rings. The summed E-state index contributed by atoms with van der Waals surface area (Å²) in [6, 6.07) is 16.8. The van der Waals surface area contributed by atoms with E-state index in [0.29, 0.717) is 5.57 Å². The van der Waals surface area contributed by atoms with Gasteiger partial charge in [-0.2, -0.15) is 0 Å². The van der Waals surface area contributed by atoms with Crippen molar-refractivity contribution in [2.75, 3.05) is 4.90 Å². The molecular weight excluding hydrogens is 226 g/mol. The van der Waals surface area contributed by atoms with Gasteiger partial charge in [0.15, 0.2) is 0 Å². The molecule has 0 bridgehead atoms. The Hall–Kier alpha value is -2.55. The first-order valence-electron chi connectivity index (χ1n) is 5.66. The molecule has 88 valence electrons. The monoisotopic (exact) mass is 237 g/mol. The van der Waals surface area contributed by atoms with Crippen LogP contribution in [0.5, 0.6) is 0 Å². The van der Waals surface area contributed by atoms with Crippen molar-refractivity contribution in [3.05, 3.63) is 66.4 Å². The molecule has 3 nitrogen and oxygen atoms in total. The van der Waals surface area contributed by atoms with E-state index in [9.17, 15) is 9.90 Å². The van der Waals surface area contributed by atoms with Crippen LogP contribution in [0.25, 0.3) is 5.57 Å². The van der Waals surface area contributed by atoms with Crippen LogP contribution in [0.1, 0.15) is 5.56 Å². The highest BCUT2D eigenvalue weighted by Gasteiger charge is 2.33.